The zero-order valence-corrected chi connectivity index (χ0v) is 21.9. The lowest BCUT2D eigenvalue weighted by molar-refractivity contribution is -0.138. The van der Waals surface area contributed by atoms with Crippen molar-refractivity contribution in [2.75, 3.05) is 20.8 Å². The van der Waals surface area contributed by atoms with Crippen LogP contribution in [-0.2, 0) is 9.53 Å². The number of aromatic nitrogens is 2. The number of methoxy groups -OCH3 is 2. The van der Waals surface area contributed by atoms with E-state index in [2.05, 4.69) is 4.98 Å². The first kappa shape index (κ1) is 25.2. The Morgan fingerprint density at radius 3 is 2.55 bits per heavy atom. The Hall–Kier alpha value is -4.50. The Morgan fingerprint density at radius 1 is 1.05 bits per heavy atom. The molecule has 2 aromatic heterocycles. The lowest BCUT2D eigenvalue weighted by atomic mass is 9.92. The first-order chi connectivity index (χ1) is 18.6. The number of ether oxygens (including phenoxy) is 3. The van der Waals surface area contributed by atoms with Crippen molar-refractivity contribution < 1.29 is 19.0 Å². The summed E-state index contributed by atoms with van der Waals surface area (Å²) in [6, 6.07) is 17.6. The van der Waals surface area contributed by atoms with Crippen LogP contribution in [0.25, 0.3) is 11.8 Å². The van der Waals surface area contributed by atoms with Crippen LogP contribution in [-0.4, -0.2) is 36.3 Å². The van der Waals surface area contributed by atoms with Crippen LogP contribution in [0.2, 0.25) is 0 Å². The van der Waals surface area contributed by atoms with Gasteiger partial charge in [-0.05, 0) is 30.7 Å². The highest BCUT2D eigenvalue weighted by atomic mass is 32.1. The molecule has 1 aliphatic heterocycles. The van der Waals surface area contributed by atoms with Crippen LogP contribution < -0.4 is 24.4 Å². The number of carbonyl (C=O) groups is 1. The Morgan fingerprint density at radius 2 is 1.87 bits per heavy atom. The van der Waals surface area contributed by atoms with Crippen molar-refractivity contribution in [2.24, 2.45) is 4.99 Å². The molecule has 1 unspecified atom stereocenters. The fourth-order valence-electron chi connectivity index (χ4n) is 4.47. The van der Waals surface area contributed by atoms with E-state index in [-0.39, 0.29) is 17.7 Å². The maximum Gasteiger partial charge on any atom is 0.338 e. The third-order valence-corrected chi connectivity index (χ3v) is 7.07. The van der Waals surface area contributed by atoms with Gasteiger partial charge in [0.05, 0.1) is 36.6 Å². The molecule has 0 bridgehead atoms. The second-order valence-corrected chi connectivity index (χ2v) is 9.31. The SMILES string of the molecule is CCOC(=O)C1=C(c2ccccc2)N=c2s/c(=C\c3cccnc3)c(=O)n2C1c1cccc(OC)c1OC. The molecule has 0 saturated heterocycles. The number of para-hydroxylation sites is 1. The van der Waals surface area contributed by atoms with E-state index in [1.807, 2.05) is 42.5 Å². The second-order valence-electron chi connectivity index (χ2n) is 8.30. The summed E-state index contributed by atoms with van der Waals surface area (Å²) in [4.78, 5) is 37.0. The van der Waals surface area contributed by atoms with Crippen LogP contribution >= 0.6 is 11.3 Å². The van der Waals surface area contributed by atoms with Gasteiger partial charge < -0.3 is 14.2 Å². The molecule has 3 heterocycles. The van der Waals surface area contributed by atoms with E-state index in [9.17, 15) is 9.59 Å². The van der Waals surface area contributed by atoms with Gasteiger partial charge >= 0.3 is 5.97 Å². The summed E-state index contributed by atoms with van der Waals surface area (Å²) >= 11 is 1.25. The van der Waals surface area contributed by atoms with Crippen LogP contribution in [0.3, 0.4) is 0 Å². The van der Waals surface area contributed by atoms with E-state index < -0.39 is 12.0 Å². The Kier molecular flexibility index (Phi) is 7.19. The molecule has 9 heteroatoms. The number of pyridine rings is 1. The highest BCUT2D eigenvalue weighted by Gasteiger charge is 2.37. The highest BCUT2D eigenvalue weighted by Crippen LogP contribution is 2.42. The molecule has 38 heavy (non-hydrogen) atoms. The van der Waals surface area contributed by atoms with Gasteiger partial charge in [-0.15, -0.1) is 0 Å². The van der Waals surface area contributed by atoms with Crippen molar-refractivity contribution in [1.82, 2.24) is 9.55 Å². The van der Waals surface area contributed by atoms with Crippen molar-refractivity contribution in [1.29, 1.82) is 0 Å². The number of carbonyl (C=O) groups excluding carboxylic acids is 1. The van der Waals surface area contributed by atoms with Gasteiger partial charge in [-0.25, -0.2) is 9.79 Å². The van der Waals surface area contributed by atoms with E-state index in [0.29, 0.717) is 32.1 Å². The molecule has 1 aliphatic rings. The maximum atomic E-state index is 13.9. The van der Waals surface area contributed by atoms with Crippen LogP contribution in [0, 0.1) is 0 Å². The lowest BCUT2D eigenvalue weighted by Gasteiger charge is -2.27. The average Bonchev–Trinajstić information content (AvgIpc) is 3.27. The molecule has 0 amide bonds. The van der Waals surface area contributed by atoms with Crippen LogP contribution in [0.1, 0.15) is 29.7 Å². The molecular formula is C29H25N3O5S. The number of benzene rings is 2. The quantitative estimate of drug-likeness (QED) is 0.343. The van der Waals surface area contributed by atoms with E-state index in [1.165, 1.54) is 23.0 Å². The molecule has 2 aromatic carbocycles. The monoisotopic (exact) mass is 527 g/mol. The van der Waals surface area contributed by atoms with E-state index in [0.717, 1.165) is 11.1 Å². The summed E-state index contributed by atoms with van der Waals surface area (Å²) in [5.74, 6) is 0.327. The van der Waals surface area contributed by atoms with Gasteiger partial charge in [0.2, 0.25) is 0 Å². The van der Waals surface area contributed by atoms with Gasteiger partial charge in [0.15, 0.2) is 16.3 Å². The number of hydrogen-bond acceptors (Lipinski definition) is 8. The summed E-state index contributed by atoms with van der Waals surface area (Å²) in [6.45, 7) is 1.91. The van der Waals surface area contributed by atoms with Crippen LogP contribution in [0.15, 0.2) is 88.4 Å². The number of esters is 1. The maximum absolute atomic E-state index is 13.9. The van der Waals surface area contributed by atoms with Crippen molar-refractivity contribution >= 4 is 29.1 Å². The summed E-state index contributed by atoms with van der Waals surface area (Å²) in [7, 11) is 3.07. The fourth-order valence-corrected chi connectivity index (χ4v) is 5.48. The van der Waals surface area contributed by atoms with Gasteiger partial charge in [0, 0.05) is 23.5 Å². The van der Waals surface area contributed by atoms with Crippen molar-refractivity contribution in [3.63, 3.8) is 0 Å². The first-order valence-corrected chi connectivity index (χ1v) is 12.8. The predicted molar refractivity (Wildman–Crippen MR) is 145 cm³/mol. The van der Waals surface area contributed by atoms with E-state index in [1.54, 1.807) is 50.7 Å². The molecule has 5 rings (SSSR count). The number of fused-ring (bicyclic) bond motifs is 1. The van der Waals surface area contributed by atoms with Crippen LogP contribution in [0.4, 0.5) is 0 Å². The minimum atomic E-state index is -0.874. The molecule has 0 radical (unpaired) electrons. The van der Waals surface area contributed by atoms with Gasteiger partial charge in [-0.3, -0.25) is 14.3 Å². The second kappa shape index (κ2) is 10.9. The predicted octanol–water partition coefficient (Wildman–Crippen LogP) is 3.35. The molecular weight excluding hydrogens is 502 g/mol. The van der Waals surface area contributed by atoms with E-state index in [4.69, 9.17) is 19.2 Å². The zero-order chi connectivity index (χ0) is 26.6. The topological polar surface area (TPSA) is 92.0 Å². The number of hydrogen-bond donors (Lipinski definition) is 0. The normalized spacial score (nSPS) is 15.0. The smallest absolute Gasteiger partial charge is 0.338 e. The molecule has 0 saturated carbocycles. The minimum Gasteiger partial charge on any atom is -0.493 e. The molecule has 0 spiro atoms. The largest absolute Gasteiger partial charge is 0.493 e. The Labute approximate surface area is 222 Å². The molecule has 4 aromatic rings. The van der Waals surface area contributed by atoms with E-state index >= 15 is 0 Å². The molecule has 0 N–H and O–H groups in total. The molecule has 0 fully saturated rings. The third kappa shape index (κ3) is 4.52. The van der Waals surface area contributed by atoms with Crippen molar-refractivity contribution in [3.8, 4) is 11.5 Å². The summed E-state index contributed by atoms with van der Waals surface area (Å²) in [5.41, 5.74) is 2.47. The van der Waals surface area contributed by atoms with Crippen molar-refractivity contribution in [2.45, 2.75) is 13.0 Å². The van der Waals surface area contributed by atoms with Gasteiger partial charge in [0.25, 0.3) is 5.56 Å². The molecule has 192 valence electrons. The third-order valence-electron chi connectivity index (χ3n) is 6.08. The zero-order valence-electron chi connectivity index (χ0n) is 21.1. The van der Waals surface area contributed by atoms with Gasteiger partial charge in [-0.2, -0.15) is 0 Å². The summed E-state index contributed by atoms with van der Waals surface area (Å²) in [6.07, 6.45) is 5.12. The van der Waals surface area contributed by atoms with Crippen LogP contribution in [0.5, 0.6) is 11.5 Å². The van der Waals surface area contributed by atoms with Gasteiger partial charge in [0.1, 0.15) is 6.04 Å². The standard InChI is InChI=1S/C29H25N3O5S/c1-4-37-28(34)23-24(19-11-6-5-7-12-19)31-29-32(25(23)20-13-8-14-21(35-2)26(20)36-3)27(33)22(38-29)16-18-10-9-15-30-17-18/h5-17,25H,4H2,1-3H3/b22-16-. The first-order valence-electron chi connectivity index (χ1n) is 12.0. The molecule has 8 nitrogen and oxygen atoms in total. The molecule has 0 aliphatic carbocycles. The fraction of sp³-hybridized carbons (Fsp3) is 0.172. The minimum absolute atomic E-state index is 0.164. The number of rotatable bonds is 7. The summed E-state index contributed by atoms with van der Waals surface area (Å²) < 4.78 is 18.8. The summed E-state index contributed by atoms with van der Waals surface area (Å²) in [5, 5.41) is 0. The number of thiazole rings is 1. The highest BCUT2D eigenvalue weighted by molar-refractivity contribution is 7.07. The molecule has 1 atom stereocenters. The van der Waals surface area contributed by atoms with Crippen molar-refractivity contribution in [3.05, 3.63) is 115 Å². The number of nitrogens with zero attached hydrogens (tertiary/aromatic N) is 3. The lowest BCUT2D eigenvalue weighted by Crippen LogP contribution is -2.40. The van der Waals surface area contributed by atoms with Gasteiger partial charge in [-0.1, -0.05) is 59.9 Å². The Bertz CT molecular complexity index is 1690. The Balaban J connectivity index is 1.89. The average molecular weight is 528 g/mol.